The molecular weight excluding hydrogens is 605 g/mol. The molecule has 10 rings (SSSR count). The third-order valence-corrected chi connectivity index (χ3v) is 10.3. The Kier molecular flexibility index (Phi) is 6.57. The van der Waals surface area contributed by atoms with E-state index in [9.17, 15) is 0 Å². The van der Waals surface area contributed by atoms with Gasteiger partial charge in [-0.3, -0.25) is 0 Å². The molecule has 0 amide bonds. The Bertz CT molecular complexity index is 2740. The van der Waals surface area contributed by atoms with E-state index in [1.807, 2.05) is 6.07 Å². The highest BCUT2D eigenvalue weighted by molar-refractivity contribution is 6.11. The van der Waals surface area contributed by atoms with Gasteiger partial charge in [-0.1, -0.05) is 133 Å². The summed E-state index contributed by atoms with van der Waals surface area (Å²) in [6.45, 7) is 0. The predicted octanol–water partition coefficient (Wildman–Crippen LogP) is 12.3. The third-order valence-electron chi connectivity index (χ3n) is 10.3. The normalized spacial score (nSPS) is 12.4. The first-order chi connectivity index (χ1) is 24.8. The highest BCUT2D eigenvalue weighted by atomic mass is 15.0. The number of fused-ring (bicyclic) bond motifs is 6. The summed E-state index contributed by atoms with van der Waals surface area (Å²) in [4.78, 5) is 0. The maximum absolute atomic E-state index is 3.60. The Hall–Kier alpha value is -6.56. The molecule has 2 aromatic heterocycles. The van der Waals surface area contributed by atoms with Gasteiger partial charge in [-0.25, -0.2) is 0 Å². The molecule has 2 nitrogen and oxygen atoms in total. The second-order valence-corrected chi connectivity index (χ2v) is 13.1. The molecule has 0 bridgehead atoms. The molecule has 1 aliphatic carbocycles. The van der Waals surface area contributed by atoms with Crippen molar-refractivity contribution in [2.45, 2.75) is 12.8 Å². The molecule has 0 fully saturated rings. The van der Waals surface area contributed by atoms with Crippen LogP contribution in [-0.4, -0.2) is 9.13 Å². The summed E-state index contributed by atoms with van der Waals surface area (Å²) in [7, 11) is 0. The first kappa shape index (κ1) is 28.5. The highest BCUT2D eigenvalue weighted by Gasteiger charge is 2.23. The minimum Gasteiger partial charge on any atom is -0.312 e. The molecular formula is C48H32N2. The van der Waals surface area contributed by atoms with Gasteiger partial charge in [0.2, 0.25) is 0 Å². The molecule has 9 aromatic rings. The number of nitrogens with zero attached hydrogens (tertiary/aromatic N) is 2. The van der Waals surface area contributed by atoms with Gasteiger partial charge in [0.1, 0.15) is 0 Å². The van der Waals surface area contributed by atoms with Crippen molar-refractivity contribution in [1.82, 2.24) is 9.13 Å². The quantitative estimate of drug-likeness (QED) is 0.178. The molecule has 0 radical (unpaired) electrons. The zero-order valence-electron chi connectivity index (χ0n) is 27.5. The Labute approximate surface area is 291 Å². The smallest absolute Gasteiger partial charge is 0.0632 e. The van der Waals surface area contributed by atoms with Crippen molar-refractivity contribution in [2.75, 3.05) is 0 Å². The zero-order valence-corrected chi connectivity index (χ0v) is 27.5. The molecule has 50 heavy (non-hydrogen) atoms. The van der Waals surface area contributed by atoms with E-state index in [0.717, 1.165) is 35.3 Å². The first-order valence-corrected chi connectivity index (χ1v) is 17.3. The van der Waals surface area contributed by atoms with Crippen LogP contribution in [0, 0.1) is 12.1 Å². The molecule has 0 saturated heterocycles. The number of rotatable bonds is 5. The highest BCUT2D eigenvalue weighted by Crippen LogP contribution is 2.42. The van der Waals surface area contributed by atoms with Gasteiger partial charge in [0.25, 0.3) is 0 Å². The van der Waals surface area contributed by atoms with Crippen molar-refractivity contribution in [3.05, 3.63) is 187 Å². The van der Waals surface area contributed by atoms with E-state index in [2.05, 4.69) is 185 Å². The van der Waals surface area contributed by atoms with Gasteiger partial charge >= 0.3 is 0 Å². The molecule has 1 aliphatic rings. The zero-order chi connectivity index (χ0) is 33.0. The van der Waals surface area contributed by atoms with Crippen LogP contribution in [0.2, 0.25) is 0 Å². The second kappa shape index (κ2) is 11.5. The summed E-state index contributed by atoms with van der Waals surface area (Å²) < 4.78 is 4.91. The van der Waals surface area contributed by atoms with Gasteiger partial charge < -0.3 is 9.13 Å². The maximum Gasteiger partial charge on any atom is 0.0632 e. The molecule has 234 valence electrons. The Morgan fingerprint density at radius 1 is 0.480 bits per heavy atom. The predicted molar refractivity (Wildman–Crippen MR) is 209 cm³/mol. The summed E-state index contributed by atoms with van der Waals surface area (Å²) in [5.41, 5.74) is 15.6. The number of para-hydroxylation sites is 2. The topological polar surface area (TPSA) is 9.86 Å². The van der Waals surface area contributed by atoms with Crippen LogP contribution in [0.3, 0.4) is 0 Å². The molecule has 0 aliphatic heterocycles. The number of hydrogen-bond acceptors (Lipinski definition) is 0. The van der Waals surface area contributed by atoms with Crippen molar-refractivity contribution in [1.29, 1.82) is 0 Å². The van der Waals surface area contributed by atoms with Crippen LogP contribution in [0.4, 0.5) is 0 Å². The van der Waals surface area contributed by atoms with E-state index in [1.54, 1.807) is 0 Å². The fourth-order valence-corrected chi connectivity index (χ4v) is 8.00. The maximum atomic E-state index is 3.60. The van der Waals surface area contributed by atoms with Crippen LogP contribution in [0.5, 0.6) is 0 Å². The van der Waals surface area contributed by atoms with Crippen molar-refractivity contribution < 1.29 is 0 Å². The number of benzene rings is 6. The molecule has 0 saturated carbocycles. The minimum absolute atomic E-state index is 0.990. The summed E-state index contributed by atoms with van der Waals surface area (Å²) >= 11 is 0. The van der Waals surface area contributed by atoms with Gasteiger partial charge in [-0.2, -0.15) is 0 Å². The first-order valence-electron chi connectivity index (χ1n) is 17.3. The van der Waals surface area contributed by atoms with E-state index in [1.165, 1.54) is 66.2 Å². The van der Waals surface area contributed by atoms with Crippen LogP contribution >= 0.6 is 0 Å². The largest absolute Gasteiger partial charge is 0.312 e. The lowest BCUT2D eigenvalue weighted by atomic mass is 9.99. The van der Waals surface area contributed by atoms with Crippen LogP contribution in [0.1, 0.15) is 17.7 Å². The Morgan fingerprint density at radius 3 is 1.90 bits per heavy atom. The molecule has 0 unspecified atom stereocenters. The monoisotopic (exact) mass is 636 g/mol. The van der Waals surface area contributed by atoms with Crippen LogP contribution < -0.4 is 0 Å². The van der Waals surface area contributed by atoms with Gasteiger partial charge in [-0.15, -0.1) is 0 Å². The lowest BCUT2D eigenvalue weighted by molar-refractivity contribution is 0.889. The van der Waals surface area contributed by atoms with Crippen LogP contribution in [-0.2, 0) is 6.42 Å². The van der Waals surface area contributed by atoms with Crippen molar-refractivity contribution in [3.63, 3.8) is 0 Å². The minimum atomic E-state index is 0.990. The fourth-order valence-electron chi connectivity index (χ4n) is 8.00. The number of aromatic nitrogens is 2. The van der Waals surface area contributed by atoms with E-state index in [0.29, 0.717) is 0 Å². The fraction of sp³-hybridized carbons (Fsp3) is 0.0417. The van der Waals surface area contributed by atoms with Gasteiger partial charge in [0, 0.05) is 33.0 Å². The molecule has 7 aromatic carbocycles. The lowest BCUT2D eigenvalue weighted by Crippen LogP contribution is -2.05. The average molecular weight is 637 g/mol. The van der Waals surface area contributed by atoms with Crippen molar-refractivity contribution in [2.24, 2.45) is 0 Å². The van der Waals surface area contributed by atoms with Crippen LogP contribution in [0.15, 0.2) is 164 Å². The summed E-state index contributed by atoms with van der Waals surface area (Å²) in [5, 5.41) is 3.76. The van der Waals surface area contributed by atoms with Gasteiger partial charge in [-0.05, 0) is 83.6 Å². The van der Waals surface area contributed by atoms with E-state index >= 15 is 0 Å². The van der Waals surface area contributed by atoms with Gasteiger partial charge in [0.15, 0.2) is 0 Å². The Balaban J connectivity index is 1.20. The standard InChI is InChI=1S/C48H32N2/c1-3-15-33(16-4-1)35-27-29-47-41(31-35)39-21-9-13-25-45(39)49(47)43-23-11-7-19-37(43)38-20-8-12-24-44(38)50-46-26-14-10-22-40(46)42-32-36(28-30-48(42)50)34-17-5-2-6-18-34/h1-7,9-12,14-19,21-24,26-32H,13,25H2. The third kappa shape index (κ3) is 4.45. The summed E-state index contributed by atoms with van der Waals surface area (Å²) in [6.07, 6.45) is 6.66. The number of hydrogen-bond donors (Lipinski definition) is 0. The molecule has 2 heteroatoms. The second-order valence-electron chi connectivity index (χ2n) is 13.1. The van der Waals surface area contributed by atoms with E-state index in [-0.39, 0.29) is 0 Å². The summed E-state index contributed by atoms with van der Waals surface area (Å²) in [5.74, 6) is 0. The molecule has 0 spiro atoms. The molecule has 2 heterocycles. The average Bonchev–Trinajstić information content (AvgIpc) is 3.70. The SMILES string of the molecule is c1ccc(-n2c3ccccc3c3cc(-c4ccccc4)ccc32)c(-c2ccccc2-n2c3c(c4cc(-c5ccccc5)ccc42)C=CCC3)c#1. The molecule has 0 N–H and O–H groups in total. The van der Waals surface area contributed by atoms with E-state index < -0.39 is 0 Å². The van der Waals surface area contributed by atoms with E-state index in [4.69, 9.17) is 0 Å². The molecule has 0 atom stereocenters. The lowest BCUT2D eigenvalue weighted by Gasteiger charge is -2.19. The summed E-state index contributed by atoms with van der Waals surface area (Å²) in [6, 6.07) is 63.8. The van der Waals surface area contributed by atoms with Crippen molar-refractivity contribution in [3.8, 4) is 44.8 Å². The van der Waals surface area contributed by atoms with Crippen LogP contribution in [0.25, 0.3) is 83.5 Å². The Morgan fingerprint density at radius 2 is 1.12 bits per heavy atom. The van der Waals surface area contributed by atoms with Gasteiger partial charge in [0.05, 0.1) is 33.5 Å². The number of allylic oxidation sites excluding steroid dienone is 1. The van der Waals surface area contributed by atoms with Crippen molar-refractivity contribution >= 4 is 38.8 Å².